The summed E-state index contributed by atoms with van der Waals surface area (Å²) in [5.74, 6) is 3.51. The van der Waals surface area contributed by atoms with Crippen molar-refractivity contribution in [1.82, 2.24) is 0 Å². The molecule has 0 aromatic rings. The number of rotatable bonds is 5. The molecule has 0 aliphatic heterocycles. The Morgan fingerprint density at radius 3 is 1.77 bits per heavy atom. The number of ether oxygens (including phenoxy) is 1. The largest absolute Gasteiger partial charge is 0.465 e. The molecule has 1 saturated carbocycles. The van der Waals surface area contributed by atoms with Crippen LogP contribution >= 0.6 is 0 Å². The van der Waals surface area contributed by atoms with E-state index in [0.717, 1.165) is 11.8 Å². The Bertz CT molecular complexity index is 403. The van der Waals surface area contributed by atoms with Gasteiger partial charge in [-0.05, 0) is 55.3 Å². The highest BCUT2D eigenvalue weighted by molar-refractivity contribution is 5.71. The number of hydrogen-bond acceptors (Lipinski definition) is 2. The molecule has 2 nitrogen and oxygen atoms in total. The van der Waals surface area contributed by atoms with Crippen LogP contribution in [-0.2, 0) is 9.53 Å². The summed E-state index contributed by atoms with van der Waals surface area (Å²) >= 11 is 0. The van der Waals surface area contributed by atoms with Crippen molar-refractivity contribution in [3.8, 4) is 0 Å². The van der Waals surface area contributed by atoms with E-state index in [2.05, 4.69) is 27.7 Å². The maximum Gasteiger partial charge on any atom is 0.308 e. The van der Waals surface area contributed by atoms with E-state index in [4.69, 9.17) is 4.74 Å². The van der Waals surface area contributed by atoms with Gasteiger partial charge in [-0.25, -0.2) is 0 Å². The summed E-state index contributed by atoms with van der Waals surface area (Å²) in [5, 5.41) is 0. The summed E-state index contributed by atoms with van der Waals surface area (Å²) in [6, 6.07) is 0. The van der Waals surface area contributed by atoms with Crippen molar-refractivity contribution in [2.24, 2.45) is 35.5 Å². The van der Waals surface area contributed by atoms with Crippen LogP contribution in [-0.4, -0.2) is 12.6 Å². The maximum atomic E-state index is 11.7. The van der Waals surface area contributed by atoms with Crippen molar-refractivity contribution in [3.05, 3.63) is 11.1 Å². The van der Waals surface area contributed by atoms with Gasteiger partial charge in [0.1, 0.15) is 0 Å². The summed E-state index contributed by atoms with van der Waals surface area (Å²) in [4.78, 5) is 11.7. The zero-order chi connectivity index (χ0) is 16.4. The molecule has 2 heteroatoms. The molecule has 0 radical (unpaired) electrons. The summed E-state index contributed by atoms with van der Waals surface area (Å²) in [7, 11) is 0. The highest BCUT2D eigenvalue weighted by atomic mass is 16.5. The van der Waals surface area contributed by atoms with Crippen molar-refractivity contribution in [2.45, 2.75) is 67.2 Å². The Balaban J connectivity index is 1.94. The van der Waals surface area contributed by atoms with E-state index < -0.39 is 0 Å². The molecule has 0 bridgehead atoms. The number of fused-ring (bicyclic) bond motifs is 1. The highest BCUT2D eigenvalue weighted by Gasteiger charge is 2.50. The van der Waals surface area contributed by atoms with Crippen LogP contribution in [0.2, 0.25) is 0 Å². The fourth-order valence-corrected chi connectivity index (χ4v) is 4.26. The predicted octanol–water partition coefficient (Wildman–Crippen LogP) is 5.23. The van der Waals surface area contributed by atoms with Crippen LogP contribution < -0.4 is 0 Å². The molecule has 0 saturated heterocycles. The molecule has 1 fully saturated rings. The molecule has 0 heterocycles. The summed E-state index contributed by atoms with van der Waals surface area (Å²) in [6.45, 7) is 13.8. The maximum absolute atomic E-state index is 11.7. The lowest BCUT2D eigenvalue weighted by Gasteiger charge is -2.23. The minimum absolute atomic E-state index is 0.00640. The van der Waals surface area contributed by atoms with E-state index >= 15 is 0 Å². The molecule has 1 unspecified atom stereocenters. The van der Waals surface area contributed by atoms with Crippen molar-refractivity contribution in [3.63, 3.8) is 0 Å². The minimum atomic E-state index is -0.0388. The Morgan fingerprint density at radius 1 is 0.955 bits per heavy atom. The monoisotopic (exact) mass is 306 g/mol. The van der Waals surface area contributed by atoms with Gasteiger partial charge in [-0.3, -0.25) is 4.79 Å². The number of allylic oxidation sites excluding steroid dienone is 2. The molecule has 0 aromatic heterocycles. The lowest BCUT2D eigenvalue weighted by atomic mass is 9.83. The number of esters is 1. The van der Waals surface area contributed by atoms with Gasteiger partial charge in [-0.15, -0.1) is 0 Å². The SMILES string of the molecule is CC(C)C(=O)OCC1[C@H]2CC/C(C(C)C)=C(/C(C)C)CC[C@@H]12. The van der Waals surface area contributed by atoms with Gasteiger partial charge in [0.15, 0.2) is 0 Å². The van der Waals surface area contributed by atoms with Crippen LogP contribution in [0.5, 0.6) is 0 Å². The van der Waals surface area contributed by atoms with Gasteiger partial charge in [-0.1, -0.05) is 52.7 Å². The average Bonchev–Trinajstić information content (AvgIpc) is 3.05. The molecule has 0 amide bonds. The average molecular weight is 306 g/mol. The van der Waals surface area contributed by atoms with Gasteiger partial charge in [0.25, 0.3) is 0 Å². The molecule has 2 aliphatic rings. The van der Waals surface area contributed by atoms with Crippen LogP contribution in [0.4, 0.5) is 0 Å². The van der Waals surface area contributed by atoms with Crippen molar-refractivity contribution in [1.29, 1.82) is 0 Å². The Hall–Kier alpha value is -0.790. The van der Waals surface area contributed by atoms with Crippen LogP contribution in [0.3, 0.4) is 0 Å². The third-order valence-corrected chi connectivity index (χ3v) is 5.70. The van der Waals surface area contributed by atoms with Gasteiger partial charge in [0, 0.05) is 0 Å². The van der Waals surface area contributed by atoms with E-state index in [1.165, 1.54) is 25.7 Å². The molecule has 2 aliphatic carbocycles. The first-order valence-corrected chi connectivity index (χ1v) is 9.21. The molecular formula is C20H34O2. The van der Waals surface area contributed by atoms with E-state index in [-0.39, 0.29) is 11.9 Å². The molecule has 2 rings (SSSR count). The van der Waals surface area contributed by atoms with Gasteiger partial charge in [0.05, 0.1) is 12.5 Å². The van der Waals surface area contributed by atoms with Gasteiger partial charge < -0.3 is 4.74 Å². The van der Waals surface area contributed by atoms with Crippen LogP contribution in [0.25, 0.3) is 0 Å². The first-order valence-electron chi connectivity index (χ1n) is 9.21. The van der Waals surface area contributed by atoms with Crippen LogP contribution in [0.1, 0.15) is 67.2 Å². The zero-order valence-corrected chi connectivity index (χ0v) is 15.3. The summed E-state index contributed by atoms with van der Waals surface area (Å²) < 4.78 is 5.50. The minimum Gasteiger partial charge on any atom is -0.465 e. The zero-order valence-electron chi connectivity index (χ0n) is 15.3. The van der Waals surface area contributed by atoms with Crippen molar-refractivity contribution < 1.29 is 9.53 Å². The molecule has 0 N–H and O–H groups in total. The van der Waals surface area contributed by atoms with Crippen molar-refractivity contribution >= 4 is 5.97 Å². The lowest BCUT2D eigenvalue weighted by molar-refractivity contribution is -0.148. The normalized spacial score (nSPS) is 32.0. The summed E-state index contributed by atoms with van der Waals surface area (Å²) in [6.07, 6.45) is 5.08. The first kappa shape index (κ1) is 17.6. The van der Waals surface area contributed by atoms with Crippen LogP contribution in [0, 0.1) is 35.5 Å². The molecule has 0 spiro atoms. The second-order valence-electron chi connectivity index (χ2n) is 8.21. The molecular weight excluding hydrogens is 272 g/mol. The lowest BCUT2D eigenvalue weighted by Crippen LogP contribution is -2.14. The molecule has 126 valence electrons. The topological polar surface area (TPSA) is 26.3 Å². The van der Waals surface area contributed by atoms with Crippen molar-refractivity contribution in [2.75, 3.05) is 6.61 Å². The van der Waals surface area contributed by atoms with Gasteiger partial charge >= 0.3 is 5.97 Å². The molecule has 3 atom stereocenters. The predicted molar refractivity (Wildman–Crippen MR) is 91.4 cm³/mol. The number of carbonyl (C=O) groups excluding carboxylic acids is 1. The van der Waals surface area contributed by atoms with Gasteiger partial charge in [-0.2, -0.15) is 0 Å². The third-order valence-electron chi connectivity index (χ3n) is 5.70. The number of hydrogen-bond donors (Lipinski definition) is 0. The Morgan fingerprint density at radius 2 is 1.41 bits per heavy atom. The van der Waals surface area contributed by atoms with E-state index in [1.54, 1.807) is 11.1 Å². The van der Waals surface area contributed by atoms with Gasteiger partial charge in [0.2, 0.25) is 0 Å². The first-order chi connectivity index (χ1) is 10.3. The smallest absolute Gasteiger partial charge is 0.308 e. The third kappa shape index (κ3) is 3.94. The molecule has 22 heavy (non-hydrogen) atoms. The molecule has 0 aromatic carbocycles. The summed E-state index contributed by atoms with van der Waals surface area (Å²) in [5.41, 5.74) is 3.41. The van der Waals surface area contributed by atoms with E-state index in [1.807, 2.05) is 13.8 Å². The van der Waals surface area contributed by atoms with E-state index in [0.29, 0.717) is 24.4 Å². The fourth-order valence-electron chi connectivity index (χ4n) is 4.26. The highest BCUT2D eigenvalue weighted by Crippen LogP contribution is 2.55. The van der Waals surface area contributed by atoms with Crippen LogP contribution in [0.15, 0.2) is 11.1 Å². The second-order valence-corrected chi connectivity index (χ2v) is 8.21. The second kappa shape index (κ2) is 7.19. The Kier molecular flexibility index (Phi) is 5.74. The number of carbonyl (C=O) groups is 1. The van der Waals surface area contributed by atoms with E-state index in [9.17, 15) is 4.79 Å². The standard InChI is InChI=1S/C20H34O2/c1-12(2)15-7-9-17-18(10-8-16(15)13(3)4)19(17)11-22-20(21)14(5)6/h12-14,17-19H,7-11H2,1-6H3/b16-15-/t17-,18+,19?. The Labute approximate surface area is 136 Å². The fraction of sp³-hybridized carbons (Fsp3) is 0.850. The quantitative estimate of drug-likeness (QED) is 0.513.